The van der Waals surface area contributed by atoms with Crippen molar-refractivity contribution in [2.24, 2.45) is 0 Å². The van der Waals surface area contributed by atoms with E-state index in [0.717, 1.165) is 0 Å². The standard InChI is InChI=1S/C23H19F2N7O/c1-2-33-20-8-7-14(9-18(20)25)16-12-31(23-21(16)22(26)27-13-28-23)10-15-11-32(30-29-15)19-6-4-3-5-17(19)24/h3-9,11-13H,2,10H2,1H3,(H2,26,27,28). The van der Waals surface area contributed by atoms with Gasteiger partial charge >= 0.3 is 0 Å². The largest absolute Gasteiger partial charge is 0.491 e. The van der Waals surface area contributed by atoms with Crippen LogP contribution in [0.15, 0.2) is 61.2 Å². The Morgan fingerprint density at radius 1 is 1.03 bits per heavy atom. The minimum atomic E-state index is -0.474. The number of nitrogens with two attached hydrogens (primary N) is 1. The van der Waals surface area contributed by atoms with Gasteiger partial charge in [-0.05, 0) is 36.8 Å². The molecule has 0 aliphatic carbocycles. The summed E-state index contributed by atoms with van der Waals surface area (Å²) in [4.78, 5) is 8.47. The van der Waals surface area contributed by atoms with Crippen LogP contribution in [0.3, 0.4) is 0 Å². The summed E-state index contributed by atoms with van der Waals surface area (Å²) in [5, 5.41) is 8.80. The number of hydrogen-bond acceptors (Lipinski definition) is 6. The maximum atomic E-state index is 14.5. The second-order valence-electron chi connectivity index (χ2n) is 7.31. The molecule has 8 nitrogen and oxygen atoms in total. The molecule has 0 saturated heterocycles. The van der Waals surface area contributed by atoms with Gasteiger partial charge in [-0.15, -0.1) is 5.10 Å². The highest BCUT2D eigenvalue weighted by atomic mass is 19.1. The number of benzene rings is 2. The fraction of sp³-hybridized carbons (Fsp3) is 0.130. The van der Waals surface area contributed by atoms with Crippen LogP contribution in [-0.4, -0.2) is 36.1 Å². The lowest BCUT2D eigenvalue weighted by molar-refractivity contribution is 0.321. The van der Waals surface area contributed by atoms with Crippen molar-refractivity contribution in [1.82, 2.24) is 29.5 Å². The first kappa shape index (κ1) is 20.6. The van der Waals surface area contributed by atoms with Gasteiger partial charge < -0.3 is 15.0 Å². The van der Waals surface area contributed by atoms with Gasteiger partial charge in [-0.25, -0.2) is 23.4 Å². The number of nitrogens with zero attached hydrogens (tertiary/aromatic N) is 6. The van der Waals surface area contributed by atoms with E-state index in [1.54, 1.807) is 43.5 Å². The minimum absolute atomic E-state index is 0.180. The lowest BCUT2D eigenvalue weighted by atomic mass is 10.1. The Hall–Kier alpha value is -4.34. The van der Waals surface area contributed by atoms with Crippen molar-refractivity contribution in [2.75, 3.05) is 12.3 Å². The highest BCUT2D eigenvalue weighted by Gasteiger charge is 2.18. The minimum Gasteiger partial charge on any atom is -0.491 e. The van der Waals surface area contributed by atoms with Crippen LogP contribution in [0.25, 0.3) is 27.8 Å². The van der Waals surface area contributed by atoms with Crippen molar-refractivity contribution >= 4 is 16.9 Å². The molecule has 0 unspecified atom stereocenters. The number of nitrogen functional groups attached to an aromatic ring is 1. The van der Waals surface area contributed by atoms with E-state index in [2.05, 4.69) is 20.3 Å². The smallest absolute Gasteiger partial charge is 0.165 e. The quantitative estimate of drug-likeness (QED) is 0.423. The predicted molar refractivity (Wildman–Crippen MR) is 119 cm³/mol. The van der Waals surface area contributed by atoms with Crippen molar-refractivity contribution in [3.8, 4) is 22.6 Å². The lowest BCUT2D eigenvalue weighted by Gasteiger charge is -2.06. The number of aromatic nitrogens is 6. The van der Waals surface area contributed by atoms with Gasteiger partial charge in [0.25, 0.3) is 0 Å². The van der Waals surface area contributed by atoms with Crippen LogP contribution in [0.1, 0.15) is 12.6 Å². The maximum Gasteiger partial charge on any atom is 0.165 e. The zero-order valence-electron chi connectivity index (χ0n) is 17.6. The van der Waals surface area contributed by atoms with Crippen LogP contribution in [0.5, 0.6) is 5.75 Å². The SMILES string of the molecule is CCOc1ccc(-c2cn(Cc3cn(-c4ccccc4F)nn3)c3ncnc(N)c23)cc1F. The number of ether oxygens (including phenoxy) is 1. The Bertz CT molecular complexity index is 1460. The van der Waals surface area contributed by atoms with E-state index >= 15 is 0 Å². The topological polar surface area (TPSA) is 96.7 Å². The van der Waals surface area contributed by atoms with Gasteiger partial charge in [-0.2, -0.15) is 0 Å². The molecule has 0 aliphatic rings. The van der Waals surface area contributed by atoms with Gasteiger partial charge in [0, 0.05) is 11.8 Å². The van der Waals surface area contributed by atoms with Gasteiger partial charge in [-0.1, -0.05) is 23.4 Å². The molecule has 2 aromatic carbocycles. The van der Waals surface area contributed by atoms with E-state index in [9.17, 15) is 8.78 Å². The van der Waals surface area contributed by atoms with Crippen molar-refractivity contribution in [1.29, 1.82) is 0 Å². The molecule has 2 N–H and O–H groups in total. The van der Waals surface area contributed by atoms with E-state index in [1.807, 2.05) is 10.8 Å². The second-order valence-corrected chi connectivity index (χ2v) is 7.31. The average Bonchev–Trinajstić information content (AvgIpc) is 3.42. The van der Waals surface area contributed by atoms with Crippen LogP contribution >= 0.6 is 0 Å². The summed E-state index contributed by atoms with van der Waals surface area (Å²) < 4.78 is 37.1. The molecule has 166 valence electrons. The third-order valence-electron chi connectivity index (χ3n) is 5.20. The molecular weight excluding hydrogens is 428 g/mol. The van der Waals surface area contributed by atoms with Crippen molar-refractivity contribution in [3.05, 3.63) is 78.5 Å². The molecule has 5 aromatic rings. The molecule has 10 heteroatoms. The number of hydrogen-bond donors (Lipinski definition) is 1. The first-order valence-electron chi connectivity index (χ1n) is 10.2. The maximum absolute atomic E-state index is 14.5. The molecule has 0 spiro atoms. The summed E-state index contributed by atoms with van der Waals surface area (Å²) >= 11 is 0. The van der Waals surface area contributed by atoms with Gasteiger partial charge in [0.1, 0.15) is 35.0 Å². The Morgan fingerprint density at radius 2 is 1.88 bits per heavy atom. The van der Waals surface area contributed by atoms with Crippen LogP contribution in [0, 0.1) is 11.6 Å². The monoisotopic (exact) mass is 447 g/mol. The highest BCUT2D eigenvalue weighted by Crippen LogP contribution is 2.34. The number of anilines is 1. The van der Waals surface area contributed by atoms with Gasteiger partial charge in [0.15, 0.2) is 11.6 Å². The third-order valence-corrected chi connectivity index (χ3v) is 5.20. The highest BCUT2D eigenvalue weighted by molar-refractivity contribution is 6.00. The first-order chi connectivity index (χ1) is 16.0. The molecule has 3 aromatic heterocycles. The Morgan fingerprint density at radius 3 is 2.67 bits per heavy atom. The van der Waals surface area contributed by atoms with Crippen LogP contribution in [0.2, 0.25) is 0 Å². The molecule has 0 aliphatic heterocycles. The summed E-state index contributed by atoms with van der Waals surface area (Å²) in [6.45, 7) is 2.45. The van der Waals surface area contributed by atoms with E-state index in [-0.39, 0.29) is 11.6 Å². The van der Waals surface area contributed by atoms with Crippen LogP contribution in [0.4, 0.5) is 14.6 Å². The molecule has 5 rings (SSSR count). The molecule has 0 amide bonds. The zero-order valence-corrected chi connectivity index (χ0v) is 17.6. The normalized spacial score (nSPS) is 11.2. The molecule has 33 heavy (non-hydrogen) atoms. The summed E-state index contributed by atoms with van der Waals surface area (Å²) in [7, 11) is 0. The number of rotatable bonds is 6. The fourth-order valence-electron chi connectivity index (χ4n) is 3.73. The van der Waals surface area contributed by atoms with Crippen molar-refractivity contribution < 1.29 is 13.5 Å². The Kier molecular flexibility index (Phi) is 5.17. The molecule has 3 heterocycles. The predicted octanol–water partition coefficient (Wildman–Crippen LogP) is 3.99. The molecule has 0 atom stereocenters. The lowest BCUT2D eigenvalue weighted by Crippen LogP contribution is -2.01. The van der Waals surface area contributed by atoms with Crippen LogP contribution < -0.4 is 10.5 Å². The van der Waals surface area contributed by atoms with Gasteiger partial charge in [0.2, 0.25) is 0 Å². The molecule has 0 saturated carbocycles. The summed E-state index contributed by atoms with van der Waals surface area (Å²) in [5.41, 5.74) is 8.88. The van der Waals surface area contributed by atoms with Crippen molar-refractivity contribution in [3.63, 3.8) is 0 Å². The molecule has 0 bridgehead atoms. The Labute approximate surface area is 187 Å². The van der Waals surface area contributed by atoms with Crippen LogP contribution in [-0.2, 0) is 6.54 Å². The average molecular weight is 447 g/mol. The Balaban J connectivity index is 1.55. The molecule has 0 radical (unpaired) electrons. The van der Waals surface area contributed by atoms with Crippen molar-refractivity contribution in [2.45, 2.75) is 13.5 Å². The zero-order chi connectivity index (χ0) is 22.9. The number of fused-ring (bicyclic) bond motifs is 1. The molecular formula is C23H19F2N7O. The van der Waals surface area contributed by atoms with E-state index in [4.69, 9.17) is 10.5 Å². The summed E-state index contributed by atoms with van der Waals surface area (Å²) in [5.74, 6) is -0.420. The van der Waals surface area contributed by atoms with E-state index < -0.39 is 11.6 Å². The number of para-hydroxylation sites is 1. The van der Waals surface area contributed by atoms with Gasteiger partial charge in [0.05, 0.1) is 24.7 Å². The summed E-state index contributed by atoms with van der Waals surface area (Å²) in [6.07, 6.45) is 4.82. The summed E-state index contributed by atoms with van der Waals surface area (Å²) in [6, 6.07) is 11.0. The molecule has 0 fully saturated rings. The number of halogens is 2. The second kappa shape index (κ2) is 8.30. The first-order valence-corrected chi connectivity index (χ1v) is 10.2. The van der Waals surface area contributed by atoms with E-state index in [1.165, 1.54) is 23.1 Å². The third kappa shape index (κ3) is 3.75. The van der Waals surface area contributed by atoms with E-state index in [0.29, 0.717) is 46.7 Å². The van der Waals surface area contributed by atoms with Gasteiger partial charge in [-0.3, -0.25) is 0 Å². The fourth-order valence-corrected chi connectivity index (χ4v) is 3.73.